The number of para-hydroxylation sites is 2. The quantitative estimate of drug-likeness (QED) is 0.526. The molecule has 0 amide bonds. The third-order valence-corrected chi connectivity index (χ3v) is 5.15. The monoisotopic (exact) mass is 384 g/mol. The fourth-order valence-corrected chi connectivity index (χ4v) is 3.49. The summed E-state index contributed by atoms with van der Waals surface area (Å²) in [5, 5.41) is 6.63. The van der Waals surface area contributed by atoms with Crippen molar-refractivity contribution in [3.8, 4) is 5.69 Å². The second kappa shape index (κ2) is 7.80. The van der Waals surface area contributed by atoms with E-state index in [4.69, 9.17) is 12.2 Å². The Morgan fingerprint density at radius 3 is 2.38 bits per heavy atom. The van der Waals surface area contributed by atoms with E-state index in [0.717, 1.165) is 22.0 Å². The Labute approximate surface area is 162 Å². The van der Waals surface area contributed by atoms with E-state index in [-0.39, 0.29) is 5.56 Å². The molecule has 0 aliphatic heterocycles. The Kier molecular flexibility index (Phi) is 5.49. The van der Waals surface area contributed by atoms with E-state index in [1.807, 2.05) is 79.5 Å². The normalized spacial score (nSPS) is 10.6. The fourth-order valence-electron chi connectivity index (χ4n) is 2.73. The van der Waals surface area contributed by atoms with Crippen LogP contribution in [0.4, 0.5) is 11.4 Å². The summed E-state index contributed by atoms with van der Waals surface area (Å²) >= 11 is 7.06. The van der Waals surface area contributed by atoms with Gasteiger partial charge in [0.25, 0.3) is 5.56 Å². The van der Waals surface area contributed by atoms with Gasteiger partial charge < -0.3 is 10.6 Å². The third-order valence-electron chi connectivity index (χ3n) is 4.15. The third kappa shape index (κ3) is 3.54. The predicted molar refractivity (Wildman–Crippen MR) is 114 cm³/mol. The van der Waals surface area contributed by atoms with Crippen LogP contribution in [0.2, 0.25) is 0 Å². The molecule has 0 spiro atoms. The molecule has 0 radical (unpaired) electrons. The number of anilines is 2. The second-order valence-electron chi connectivity index (χ2n) is 5.72. The highest BCUT2D eigenvalue weighted by atomic mass is 32.2. The first-order chi connectivity index (χ1) is 12.5. The summed E-state index contributed by atoms with van der Waals surface area (Å²) in [5.41, 5.74) is 2.85. The van der Waals surface area contributed by atoms with Crippen molar-refractivity contribution in [3.05, 3.63) is 70.6 Å². The molecule has 0 aliphatic rings. The highest BCUT2D eigenvalue weighted by Crippen LogP contribution is 2.24. The average molecular weight is 385 g/mol. The van der Waals surface area contributed by atoms with Crippen molar-refractivity contribution in [2.45, 2.75) is 11.8 Å². The first kappa shape index (κ1) is 18.3. The molecule has 1 heterocycles. The number of nitrogens with one attached hydrogen (secondary N) is 2. The lowest BCUT2D eigenvalue weighted by Gasteiger charge is -2.12. The van der Waals surface area contributed by atoms with Crippen LogP contribution >= 0.6 is 24.0 Å². The van der Waals surface area contributed by atoms with Crippen molar-refractivity contribution < 1.29 is 0 Å². The van der Waals surface area contributed by atoms with Crippen LogP contribution in [0.5, 0.6) is 0 Å². The second-order valence-corrected chi connectivity index (χ2v) is 6.97. The van der Waals surface area contributed by atoms with E-state index in [0.29, 0.717) is 10.8 Å². The van der Waals surface area contributed by atoms with Crippen LogP contribution in [0, 0.1) is 6.92 Å². The highest BCUT2D eigenvalue weighted by Gasteiger charge is 2.17. The van der Waals surface area contributed by atoms with Crippen LogP contribution in [0.3, 0.4) is 0 Å². The molecule has 5 nitrogen and oxygen atoms in total. The molecule has 0 bridgehead atoms. The maximum atomic E-state index is 12.9. The molecule has 0 aliphatic carbocycles. The van der Waals surface area contributed by atoms with Gasteiger partial charge >= 0.3 is 0 Å². The minimum Gasteiger partial charge on any atom is -0.332 e. The maximum Gasteiger partial charge on any atom is 0.295 e. The largest absolute Gasteiger partial charge is 0.332 e. The van der Waals surface area contributed by atoms with Gasteiger partial charge in [0, 0.05) is 11.9 Å². The van der Waals surface area contributed by atoms with Crippen molar-refractivity contribution in [1.29, 1.82) is 0 Å². The predicted octanol–water partition coefficient (Wildman–Crippen LogP) is 4.02. The minimum absolute atomic E-state index is 0.140. The fraction of sp³-hybridized carbons (Fsp3) is 0.158. The molecule has 3 aromatic rings. The SMILES string of the molecule is CSc1ccccc1NC(=S)Nc1c(C)n(C)n(-c2ccccc2)c1=O. The number of aromatic nitrogens is 2. The summed E-state index contributed by atoms with van der Waals surface area (Å²) in [7, 11) is 1.86. The van der Waals surface area contributed by atoms with Gasteiger partial charge in [-0.05, 0) is 49.7 Å². The van der Waals surface area contributed by atoms with Gasteiger partial charge in [0.05, 0.1) is 17.1 Å². The van der Waals surface area contributed by atoms with Gasteiger partial charge in [0.1, 0.15) is 5.69 Å². The van der Waals surface area contributed by atoms with E-state index in [1.165, 1.54) is 0 Å². The molecule has 1 aromatic heterocycles. The molecule has 0 saturated heterocycles. The van der Waals surface area contributed by atoms with Crippen LogP contribution in [-0.4, -0.2) is 20.7 Å². The van der Waals surface area contributed by atoms with Crippen molar-refractivity contribution in [2.75, 3.05) is 16.9 Å². The zero-order valence-electron chi connectivity index (χ0n) is 14.8. The van der Waals surface area contributed by atoms with Crippen LogP contribution in [0.1, 0.15) is 5.69 Å². The molecule has 2 aromatic carbocycles. The lowest BCUT2D eigenvalue weighted by atomic mass is 10.3. The number of hydrogen-bond acceptors (Lipinski definition) is 3. The smallest absolute Gasteiger partial charge is 0.295 e. The minimum atomic E-state index is -0.140. The highest BCUT2D eigenvalue weighted by molar-refractivity contribution is 7.98. The summed E-state index contributed by atoms with van der Waals surface area (Å²) in [6.07, 6.45) is 2.01. The standard InChI is InChI=1S/C19H20N4OS2/c1-13-17(18(24)23(22(13)2)14-9-5-4-6-10-14)21-19(25)20-15-11-7-8-12-16(15)26-3/h4-12H,1-3H3,(H2,20,21,25). The number of hydrogen-bond donors (Lipinski definition) is 2. The Morgan fingerprint density at radius 2 is 1.69 bits per heavy atom. The van der Waals surface area contributed by atoms with Crippen LogP contribution in [0.15, 0.2) is 64.3 Å². The molecular formula is C19H20N4OS2. The van der Waals surface area contributed by atoms with Gasteiger partial charge in [-0.15, -0.1) is 11.8 Å². The van der Waals surface area contributed by atoms with Gasteiger partial charge in [-0.25, -0.2) is 4.68 Å². The van der Waals surface area contributed by atoms with Gasteiger partial charge in [-0.3, -0.25) is 9.48 Å². The molecule has 2 N–H and O–H groups in total. The summed E-state index contributed by atoms with van der Waals surface area (Å²) in [6.45, 7) is 1.89. The molecule has 3 rings (SSSR count). The van der Waals surface area contributed by atoms with Gasteiger partial charge in [-0.2, -0.15) is 0 Å². The zero-order chi connectivity index (χ0) is 18.7. The van der Waals surface area contributed by atoms with E-state index >= 15 is 0 Å². The first-order valence-electron chi connectivity index (χ1n) is 8.08. The summed E-state index contributed by atoms with van der Waals surface area (Å²) in [6, 6.07) is 17.4. The number of thiocarbonyl (C=S) groups is 1. The molecule has 26 heavy (non-hydrogen) atoms. The Bertz CT molecular complexity index is 993. The van der Waals surface area contributed by atoms with Gasteiger partial charge in [0.15, 0.2) is 5.11 Å². The molecule has 134 valence electrons. The van der Waals surface area contributed by atoms with E-state index in [1.54, 1.807) is 16.4 Å². The van der Waals surface area contributed by atoms with E-state index in [2.05, 4.69) is 10.6 Å². The van der Waals surface area contributed by atoms with Crippen molar-refractivity contribution >= 4 is 40.5 Å². The van der Waals surface area contributed by atoms with Crippen molar-refractivity contribution in [2.24, 2.45) is 7.05 Å². The molecule has 0 saturated carbocycles. The number of thioether (sulfide) groups is 1. The Balaban J connectivity index is 1.89. The first-order valence-corrected chi connectivity index (χ1v) is 9.71. The topological polar surface area (TPSA) is 51.0 Å². The number of rotatable bonds is 4. The summed E-state index contributed by atoms with van der Waals surface area (Å²) < 4.78 is 3.44. The Hall–Kier alpha value is -2.51. The van der Waals surface area contributed by atoms with Crippen LogP contribution in [0.25, 0.3) is 5.69 Å². The number of nitrogens with zero attached hydrogens (tertiary/aromatic N) is 2. The molecule has 0 atom stereocenters. The molecule has 0 unspecified atom stereocenters. The lowest BCUT2D eigenvalue weighted by Crippen LogP contribution is -2.25. The summed E-state index contributed by atoms with van der Waals surface area (Å²) in [4.78, 5) is 14.0. The average Bonchev–Trinajstić information content (AvgIpc) is 2.86. The van der Waals surface area contributed by atoms with Crippen molar-refractivity contribution in [3.63, 3.8) is 0 Å². The van der Waals surface area contributed by atoms with Gasteiger partial charge in [0.2, 0.25) is 0 Å². The molecular weight excluding hydrogens is 364 g/mol. The summed E-state index contributed by atoms with van der Waals surface area (Å²) in [5.74, 6) is 0. The van der Waals surface area contributed by atoms with Crippen LogP contribution in [-0.2, 0) is 7.05 Å². The van der Waals surface area contributed by atoms with Crippen LogP contribution < -0.4 is 16.2 Å². The Morgan fingerprint density at radius 1 is 1.04 bits per heavy atom. The zero-order valence-corrected chi connectivity index (χ0v) is 16.4. The van der Waals surface area contributed by atoms with Gasteiger partial charge in [-0.1, -0.05) is 30.3 Å². The molecule has 7 heteroatoms. The van der Waals surface area contributed by atoms with E-state index in [9.17, 15) is 4.79 Å². The van der Waals surface area contributed by atoms with E-state index < -0.39 is 0 Å². The van der Waals surface area contributed by atoms with Crippen molar-refractivity contribution in [1.82, 2.24) is 9.36 Å². The molecule has 0 fully saturated rings. The maximum absolute atomic E-state index is 12.9. The number of benzene rings is 2. The lowest BCUT2D eigenvalue weighted by molar-refractivity contribution is 0.630.